The number of amides is 1. The van der Waals surface area contributed by atoms with Crippen LogP contribution in [0, 0.1) is 6.92 Å². The summed E-state index contributed by atoms with van der Waals surface area (Å²) >= 11 is 18.9. The van der Waals surface area contributed by atoms with Gasteiger partial charge in [0, 0.05) is 0 Å². The Bertz CT molecular complexity index is 997. The number of halogens is 3. The van der Waals surface area contributed by atoms with Gasteiger partial charge in [-0.1, -0.05) is 58.7 Å². The van der Waals surface area contributed by atoms with Crippen molar-refractivity contribution >= 4 is 58.2 Å². The second-order valence-electron chi connectivity index (χ2n) is 5.65. The molecule has 0 spiro atoms. The van der Waals surface area contributed by atoms with Gasteiger partial charge in [-0.2, -0.15) is 0 Å². The SMILES string of the molecule is Cc1cccc(OCc2nnc(SCC(=O)Nc3cc(Cl)c(Cl)cc3Cl)o2)c1. The van der Waals surface area contributed by atoms with E-state index in [9.17, 15) is 4.79 Å². The van der Waals surface area contributed by atoms with E-state index >= 15 is 0 Å². The average Bonchev–Trinajstić information content (AvgIpc) is 3.11. The number of anilines is 1. The predicted octanol–water partition coefficient (Wildman–Crippen LogP) is 5.65. The number of aryl methyl sites for hydroxylation is 1. The molecule has 146 valence electrons. The quantitative estimate of drug-likeness (QED) is 0.364. The molecular formula is C18H14Cl3N3O3S. The topological polar surface area (TPSA) is 77.2 Å². The van der Waals surface area contributed by atoms with Crippen LogP contribution in [0.2, 0.25) is 15.1 Å². The Morgan fingerprint density at radius 2 is 1.93 bits per heavy atom. The number of rotatable bonds is 7. The van der Waals surface area contributed by atoms with Crippen molar-refractivity contribution in [1.82, 2.24) is 10.2 Å². The highest BCUT2D eigenvalue weighted by Crippen LogP contribution is 2.32. The fourth-order valence-corrected chi connectivity index (χ4v) is 3.31. The average molecular weight is 459 g/mol. The third kappa shape index (κ3) is 5.78. The predicted molar refractivity (Wildman–Crippen MR) is 111 cm³/mol. The van der Waals surface area contributed by atoms with E-state index in [0.717, 1.165) is 17.3 Å². The van der Waals surface area contributed by atoms with Crippen molar-refractivity contribution in [2.45, 2.75) is 18.8 Å². The van der Waals surface area contributed by atoms with Gasteiger partial charge < -0.3 is 14.5 Å². The minimum Gasteiger partial charge on any atom is -0.484 e. The molecule has 1 heterocycles. The molecule has 0 saturated carbocycles. The molecule has 1 N–H and O–H groups in total. The van der Waals surface area contributed by atoms with Gasteiger partial charge in [0.25, 0.3) is 11.1 Å². The number of hydrogen-bond donors (Lipinski definition) is 1. The molecule has 1 amide bonds. The summed E-state index contributed by atoms with van der Waals surface area (Å²) in [6.07, 6.45) is 0. The van der Waals surface area contributed by atoms with Crippen molar-refractivity contribution < 1.29 is 13.9 Å². The summed E-state index contributed by atoms with van der Waals surface area (Å²) in [4.78, 5) is 12.1. The van der Waals surface area contributed by atoms with Gasteiger partial charge in [-0.3, -0.25) is 4.79 Å². The van der Waals surface area contributed by atoms with Crippen LogP contribution in [0.4, 0.5) is 5.69 Å². The van der Waals surface area contributed by atoms with Crippen LogP contribution in [0.3, 0.4) is 0 Å². The molecule has 28 heavy (non-hydrogen) atoms. The molecule has 0 saturated heterocycles. The van der Waals surface area contributed by atoms with Crippen LogP contribution in [-0.4, -0.2) is 21.9 Å². The smallest absolute Gasteiger partial charge is 0.277 e. The Balaban J connectivity index is 1.50. The minimum absolute atomic E-state index is 0.0525. The Labute approximate surface area is 180 Å². The number of benzene rings is 2. The molecule has 6 nitrogen and oxygen atoms in total. The van der Waals surface area contributed by atoms with E-state index in [2.05, 4.69) is 15.5 Å². The first-order valence-electron chi connectivity index (χ1n) is 8.00. The first-order valence-corrected chi connectivity index (χ1v) is 10.1. The first-order chi connectivity index (χ1) is 13.4. The van der Waals surface area contributed by atoms with Crippen LogP contribution in [0.1, 0.15) is 11.5 Å². The molecule has 0 aliphatic carbocycles. The highest BCUT2D eigenvalue weighted by molar-refractivity contribution is 7.99. The van der Waals surface area contributed by atoms with Gasteiger partial charge in [0.1, 0.15) is 5.75 Å². The number of thioether (sulfide) groups is 1. The van der Waals surface area contributed by atoms with Gasteiger partial charge in [0.2, 0.25) is 5.91 Å². The van der Waals surface area contributed by atoms with E-state index in [4.69, 9.17) is 44.0 Å². The lowest BCUT2D eigenvalue weighted by Crippen LogP contribution is -2.14. The maximum Gasteiger partial charge on any atom is 0.277 e. The van der Waals surface area contributed by atoms with Crippen molar-refractivity contribution in [2.24, 2.45) is 0 Å². The second kappa shape index (κ2) is 9.52. The van der Waals surface area contributed by atoms with E-state index in [1.165, 1.54) is 12.1 Å². The lowest BCUT2D eigenvalue weighted by molar-refractivity contribution is -0.113. The molecule has 3 aromatic rings. The fourth-order valence-electron chi connectivity index (χ4n) is 2.14. The summed E-state index contributed by atoms with van der Waals surface area (Å²) < 4.78 is 11.1. The van der Waals surface area contributed by atoms with Gasteiger partial charge in [-0.05, 0) is 36.8 Å². The zero-order chi connectivity index (χ0) is 20.1. The summed E-state index contributed by atoms with van der Waals surface area (Å²) in [6.45, 7) is 2.12. The van der Waals surface area contributed by atoms with Crippen molar-refractivity contribution in [1.29, 1.82) is 0 Å². The monoisotopic (exact) mass is 457 g/mol. The zero-order valence-corrected chi connectivity index (χ0v) is 17.6. The van der Waals surface area contributed by atoms with Crippen molar-refractivity contribution in [2.75, 3.05) is 11.1 Å². The molecule has 0 aliphatic rings. The second-order valence-corrected chi connectivity index (χ2v) is 7.80. The van der Waals surface area contributed by atoms with Gasteiger partial charge in [0.05, 0.1) is 26.5 Å². The van der Waals surface area contributed by atoms with Crippen LogP contribution in [0.25, 0.3) is 0 Å². The summed E-state index contributed by atoms with van der Waals surface area (Å²) in [5, 5.41) is 11.6. The number of carbonyl (C=O) groups excluding carboxylic acids is 1. The van der Waals surface area contributed by atoms with E-state index < -0.39 is 0 Å². The zero-order valence-electron chi connectivity index (χ0n) is 14.5. The van der Waals surface area contributed by atoms with Gasteiger partial charge in [-0.25, -0.2) is 0 Å². The minimum atomic E-state index is -0.305. The summed E-state index contributed by atoms with van der Waals surface area (Å²) in [5.41, 5.74) is 1.46. The van der Waals surface area contributed by atoms with E-state index in [-0.39, 0.29) is 23.5 Å². The Morgan fingerprint density at radius 1 is 1.14 bits per heavy atom. The molecule has 0 fully saturated rings. The largest absolute Gasteiger partial charge is 0.484 e. The highest BCUT2D eigenvalue weighted by atomic mass is 35.5. The van der Waals surface area contributed by atoms with Crippen molar-refractivity contribution in [3.63, 3.8) is 0 Å². The number of aromatic nitrogens is 2. The summed E-state index contributed by atoms with van der Waals surface area (Å²) in [5.74, 6) is 0.778. The Morgan fingerprint density at radius 3 is 2.71 bits per heavy atom. The van der Waals surface area contributed by atoms with Crippen LogP contribution in [0.5, 0.6) is 5.75 Å². The molecule has 0 bridgehead atoms. The van der Waals surface area contributed by atoms with Crippen molar-refractivity contribution in [3.05, 3.63) is 62.9 Å². The molecule has 1 aromatic heterocycles. The van der Waals surface area contributed by atoms with E-state index in [0.29, 0.717) is 32.4 Å². The lowest BCUT2D eigenvalue weighted by atomic mass is 10.2. The molecule has 2 aromatic carbocycles. The van der Waals surface area contributed by atoms with Gasteiger partial charge in [0.15, 0.2) is 6.61 Å². The van der Waals surface area contributed by atoms with Crippen LogP contribution in [-0.2, 0) is 11.4 Å². The summed E-state index contributed by atoms with van der Waals surface area (Å²) in [6, 6.07) is 10.6. The Kier molecular flexibility index (Phi) is 7.07. The van der Waals surface area contributed by atoms with E-state index in [1.54, 1.807) is 0 Å². The molecule has 0 atom stereocenters. The molecular weight excluding hydrogens is 445 g/mol. The van der Waals surface area contributed by atoms with Crippen molar-refractivity contribution in [3.8, 4) is 5.75 Å². The number of nitrogens with zero attached hydrogens (tertiary/aromatic N) is 2. The third-order valence-electron chi connectivity index (χ3n) is 3.41. The first kappa shape index (κ1) is 20.8. The Hall–Kier alpha value is -1.93. The van der Waals surface area contributed by atoms with Crippen LogP contribution in [0.15, 0.2) is 46.0 Å². The maximum atomic E-state index is 12.1. The number of ether oxygens (including phenoxy) is 1. The molecule has 0 aliphatic heterocycles. The molecule has 0 unspecified atom stereocenters. The molecule has 10 heteroatoms. The number of hydrogen-bond acceptors (Lipinski definition) is 6. The van der Waals surface area contributed by atoms with Gasteiger partial charge >= 0.3 is 0 Å². The van der Waals surface area contributed by atoms with Gasteiger partial charge in [-0.15, -0.1) is 10.2 Å². The van der Waals surface area contributed by atoms with E-state index in [1.807, 2.05) is 31.2 Å². The maximum absolute atomic E-state index is 12.1. The lowest BCUT2D eigenvalue weighted by Gasteiger charge is -2.08. The normalized spacial score (nSPS) is 10.7. The fraction of sp³-hybridized carbons (Fsp3) is 0.167. The standard InChI is InChI=1S/C18H14Cl3N3O3S/c1-10-3-2-4-11(5-10)26-8-17-23-24-18(27-17)28-9-16(25)22-15-7-13(20)12(19)6-14(15)21/h2-7H,8-9H2,1H3,(H,22,25). The number of carbonyl (C=O) groups is 1. The number of nitrogens with one attached hydrogen (secondary N) is 1. The third-order valence-corrected chi connectivity index (χ3v) is 5.26. The highest BCUT2D eigenvalue weighted by Gasteiger charge is 2.13. The molecule has 0 radical (unpaired) electrons. The molecule has 3 rings (SSSR count). The summed E-state index contributed by atoms with van der Waals surface area (Å²) in [7, 11) is 0. The van der Waals surface area contributed by atoms with Crippen LogP contribution < -0.4 is 10.1 Å². The van der Waals surface area contributed by atoms with Crippen LogP contribution >= 0.6 is 46.6 Å².